The molecule has 0 N–H and O–H groups in total. The first-order valence-corrected chi connectivity index (χ1v) is 5.92. The Bertz CT molecular complexity index is 585. The normalized spacial score (nSPS) is 10.2. The van der Waals surface area contributed by atoms with Gasteiger partial charge in [-0.15, -0.1) is 0 Å². The van der Waals surface area contributed by atoms with Gasteiger partial charge >= 0.3 is 5.97 Å². The minimum absolute atomic E-state index is 0.314. The molecule has 2 heteroatoms. The van der Waals surface area contributed by atoms with E-state index in [9.17, 15) is 4.79 Å². The summed E-state index contributed by atoms with van der Waals surface area (Å²) in [6.45, 7) is 5.90. The van der Waals surface area contributed by atoms with E-state index < -0.39 is 0 Å². The fourth-order valence-electron chi connectivity index (χ4n) is 1.84. The van der Waals surface area contributed by atoms with Crippen LogP contribution in [-0.4, -0.2) is 5.97 Å². The summed E-state index contributed by atoms with van der Waals surface area (Å²) >= 11 is 0. The maximum absolute atomic E-state index is 12.0. The van der Waals surface area contributed by atoms with Crippen LogP contribution in [0, 0.1) is 20.8 Å². The molecule has 18 heavy (non-hydrogen) atoms. The molecule has 0 aliphatic rings. The predicted molar refractivity (Wildman–Crippen MR) is 72.1 cm³/mol. The summed E-state index contributed by atoms with van der Waals surface area (Å²) in [4.78, 5) is 12.0. The molecule has 2 nitrogen and oxygen atoms in total. The van der Waals surface area contributed by atoms with Crippen LogP contribution >= 0.6 is 0 Å². The van der Waals surface area contributed by atoms with Crippen molar-refractivity contribution in [2.45, 2.75) is 20.8 Å². The van der Waals surface area contributed by atoms with Crippen molar-refractivity contribution in [3.05, 3.63) is 64.7 Å². The van der Waals surface area contributed by atoms with Crippen LogP contribution in [0.2, 0.25) is 0 Å². The Morgan fingerprint density at radius 1 is 0.944 bits per heavy atom. The number of esters is 1. The highest BCUT2D eigenvalue weighted by Crippen LogP contribution is 2.20. The predicted octanol–water partition coefficient (Wildman–Crippen LogP) is 3.83. The van der Waals surface area contributed by atoms with Gasteiger partial charge in [-0.1, -0.05) is 35.4 Å². The average molecular weight is 240 g/mol. The molecule has 0 aliphatic heterocycles. The summed E-state index contributed by atoms with van der Waals surface area (Å²) < 4.78 is 5.40. The molecular formula is C16H16O2. The summed E-state index contributed by atoms with van der Waals surface area (Å²) in [6.07, 6.45) is 0. The molecule has 0 saturated carbocycles. The van der Waals surface area contributed by atoms with Crippen LogP contribution < -0.4 is 4.74 Å². The fraction of sp³-hybridized carbons (Fsp3) is 0.188. The van der Waals surface area contributed by atoms with E-state index in [-0.39, 0.29) is 5.97 Å². The Morgan fingerprint density at radius 2 is 1.67 bits per heavy atom. The number of carbonyl (C=O) groups is 1. The minimum atomic E-state index is -0.314. The molecule has 0 fully saturated rings. The van der Waals surface area contributed by atoms with Crippen LogP contribution in [0.1, 0.15) is 27.0 Å². The zero-order valence-corrected chi connectivity index (χ0v) is 10.9. The van der Waals surface area contributed by atoms with Crippen molar-refractivity contribution in [3.8, 4) is 5.75 Å². The van der Waals surface area contributed by atoms with Gasteiger partial charge in [0.1, 0.15) is 5.75 Å². The van der Waals surface area contributed by atoms with Crippen molar-refractivity contribution >= 4 is 5.97 Å². The lowest BCUT2D eigenvalue weighted by atomic mass is 10.1. The molecule has 92 valence electrons. The largest absolute Gasteiger partial charge is 0.423 e. The van der Waals surface area contributed by atoms with Gasteiger partial charge < -0.3 is 4.74 Å². The highest BCUT2D eigenvalue weighted by molar-refractivity contribution is 5.91. The molecule has 0 aliphatic carbocycles. The maximum Gasteiger partial charge on any atom is 0.343 e. The number of aryl methyl sites for hydroxylation is 3. The van der Waals surface area contributed by atoms with Crippen molar-refractivity contribution in [2.24, 2.45) is 0 Å². The van der Waals surface area contributed by atoms with Crippen LogP contribution in [-0.2, 0) is 0 Å². The van der Waals surface area contributed by atoms with Crippen molar-refractivity contribution < 1.29 is 9.53 Å². The Labute approximate surface area is 107 Å². The van der Waals surface area contributed by atoms with E-state index in [0.717, 1.165) is 16.7 Å². The number of carbonyl (C=O) groups excluding carboxylic acids is 1. The van der Waals surface area contributed by atoms with E-state index in [4.69, 9.17) is 4.74 Å². The number of benzene rings is 2. The van der Waals surface area contributed by atoms with E-state index in [2.05, 4.69) is 0 Å². The van der Waals surface area contributed by atoms with Crippen molar-refractivity contribution in [2.75, 3.05) is 0 Å². The monoisotopic (exact) mass is 240 g/mol. The highest BCUT2D eigenvalue weighted by Gasteiger charge is 2.10. The summed E-state index contributed by atoms with van der Waals surface area (Å²) in [7, 11) is 0. The zero-order chi connectivity index (χ0) is 13.1. The second-order valence-electron chi connectivity index (χ2n) is 4.53. The van der Waals surface area contributed by atoms with Crippen LogP contribution in [0.3, 0.4) is 0 Å². The van der Waals surface area contributed by atoms with Gasteiger partial charge in [0.15, 0.2) is 0 Å². The van der Waals surface area contributed by atoms with Crippen LogP contribution in [0.5, 0.6) is 5.75 Å². The first kappa shape index (κ1) is 12.4. The summed E-state index contributed by atoms with van der Waals surface area (Å²) in [6, 6.07) is 13.2. The van der Waals surface area contributed by atoms with Gasteiger partial charge in [-0.3, -0.25) is 0 Å². The summed E-state index contributed by atoms with van der Waals surface area (Å²) in [5.41, 5.74) is 3.75. The Balaban J connectivity index is 2.21. The molecule has 0 amide bonds. The first-order chi connectivity index (χ1) is 8.56. The Hall–Kier alpha value is -2.09. The van der Waals surface area contributed by atoms with Gasteiger partial charge in [-0.2, -0.15) is 0 Å². The van der Waals surface area contributed by atoms with E-state index in [0.29, 0.717) is 11.3 Å². The average Bonchev–Trinajstić information content (AvgIpc) is 2.32. The molecule has 0 heterocycles. The lowest BCUT2D eigenvalue weighted by Gasteiger charge is -2.08. The van der Waals surface area contributed by atoms with Gasteiger partial charge in [-0.05, 0) is 44.5 Å². The fourth-order valence-corrected chi connectivity index (χ4v) is 1.84. The third kappa shape index (κ3) is 2.77. The lowest BCUT2D eigenvalue weighted by molar-refractivity contribution is 0.0733. The summed E-state index contributed by atoms with van der Waals surface area (Å²) in [5.74, 6) is 0.303. The number of rotatable bonds is 2. The Morgan fingerprint density at radius 3 is 2.33 bits per heavy atom. The van der Waals surface area contributed by atoms with Crippen molar-refractivity contribution in [1.29, 1.82) is 0 Å². The van der Waals surface area contributed by atoms with Gasteiger partial charge in [0, 0.05) is 0 Å². The molecule has 0 unspecified atom stereocenters. The smallest absolute Gasteiger partial charge is 0.343 e. The molecular weight excluding hydrogens is 224 g/mol. The Kier molecular flexibility index (Phi) is 3.47. The van der Waals surface area contributed by atoms with Gasteiger partial charge in [-0.25, -0.2) is 4.79 Å². The number of ether oxygens (including phenoxy) is 1. The quantitative estimate of drug-likeness (QED) is 0.589. The molecule has 2 aromatic carbocycles. The van der Waals surface area contributed by atoms with E-state index in [1.54, 1.807) is 6.07 Å². The maximum atomic E-state index is 12.0. The third-order valence-corrected chi connectivity index (χ3v) is 2.79. The highest BCUT2D eigenvalue weighted by atomic mass is 16.5. The third-order valence-electron chi connectivity index (χ3n) is 2.79. The zero-order valence-electron chi connectivity index (χ0n) is 10.9. The molecule has 0 bridgehead atoms. The second-order valence-corrected chi connectivity index (χ2v) is 4.53. The molecule has 0 atom stereocenters. The van der Waals surface area contributed by atoms with Crippen LogP contribution in [0.15, 0.2) is 42.5 Å². The van der Waals surface area contributed by atoms with Gasteiger partial charge in [0.05, 0.1) is 5.56 Å². The molecule has 0 radical (unpaired) electrons. The topological polar surface area (TPSA) is 26.3 Å². The number of hydrogen-bond donors (Lipinski definition) is 0. The molecule has 0 saturated heterocycles. The SMILES string of the molecule is Cc1cccc(C(=O)Oc2ccc(C)cc2C)c1. The van der Waals surface area contributed by atoms with Crippen LogP contribution in [0.25, 0.3) is 0 Å². The van der Waals surface area contributed by atoms with Gasteiger partial charge in [0.25, 0.3) is 0 Å². The molecule has 0 aromatic heterocycles. The molecule has 0 spiro atoms. The first-order valence-electron chi connectivity index (χ1n) is 5.92. The molecule has 2 rings (SSSR count). The summed E-state index contributed by atoms with van der Waals surface area (Å²) in [5, 5.41) is 0. The standard InChI is InChI=1S/C16H16O2/c1-11-5-4-6-14(10-11)16(17)18-15-8-7-12(2)9-13(15)3/h4-10H,1-3H3. The number of hydrogen-bond acceptors (Lipinski definition) is 2. The van der Waals surface area contributed by atoms with Crippen molar-refractivity contribution in [3.63, 3.8) is 0 Å². The van der Waals surface area contributed by atoms with Gasteiger partial charge in [0.2, 0.25) is 0 Å². The second kappa shape index (κ2) is 5.05. The van der Waals surface area contributed by atoms with E-state index in [1.165, 1.54) is 0 Å². The van der Waals surface area contributed by atoms with E-state index in [1.807, 2.05) is 57.2 Å². The molecule has 2 aromatic rings. The van der Waals surface area contributed by atoms with Crippen molar-refractivity contribution in [1.82, 2.24) is 0 Å². The van der Waals surface area contributed by atoms with E-state index >= 15 is 0 Å². The van der Waals surface area contributed by atoms with Crippen LogP contribution in [0.4, 0.5) is 0 Å². The lowest BCUT2D eigenvalue weighted by Crippen LogP contribution is -2.09. The minimum Gasteiger partial charge on any atom is -0.423 e.